The van der Waals surface area contributed by atoms with E-state index in [1.165, 1.54) is 11.1 Å². The number of carbonyl (C=O) groups is 1. The van der Waals surface area contributed by atoms with Crippen LogP contribution in [0.1, 0.15) is 24.0 Å². The summed E-state index contributed by atoms with van der Waals surface area (Å²) < 4.78 is 36.0. The van der Waals surface area contributed by atoms with Crippen molar-refractivity contribution in [2.45, 2.75) is 38.1 Å². The van der Waals surface area contributed by atoms with Gasteiger partial charge in [0, 0.05) is 32.6 Å². The van der Waals surface area contributed by atoms with E-state index < -0.39 is 31.0 Å². The van der Waals surface area contributed by atoms with Crippen LogP contribution in [0.2, 0.25) is 0 Å². The summed E-state index contributed by atoms with van der Waals surface area (Å²) in [6, 6.07) is 8.11. The molecule has 7 heteroatoms. The molecular weight excluding hydrogens is 309 g/mol. The normalized spacial score (nSPS) is 16.7. The van der Waals surface area contributed by atoms with Gasteiger partial charge in [-0.15, -0.1) is 0 Å². The van der Waals surface area contributed by atoms with Gasteiger partial charge in [0.1, 0.15) is 0 Å². The molecule has 1 aliphatic rings. The van der Waals surface area contributed by atoms with Crippen molar-refractivity contribution in [3.8, 4) is 0 Å². The summed E-state index contributed by atoms with van der Waals surface area (Å²) in [6.45, 7) is 1.90. The van der Waals surface area contributed by atoms with E-state index in [2.05, 4.69) is 16.3 Å². The molecule has 0 fully saturated rings. The number of carbonyl (C=O) groups excluding carboxylic acids is 1. The fraction of sp³-hybridized carbons (Fsp3) is 0.562. The monoisotopic (exact) mass is 330 g/mol. The molecule has 4 nitrogen and oxygen atoms in total. The number of rotatable bonds is 6. The van der Waals surface area contributed by atoms with Crippen LogP contribution in [0.4, 0.5) is 13.2 Å². The first-order valence-corrected chi connectivity index (χ1v) is 7.64. The highest BCUT2D eigenvalue weighted by molar-refractivity contribution is 5.75. The second-order valence-corrected chi connectivity index (χ2v) is 5.83. The molecule has 0 spiro atoms. The van der Waals surface area contributed by atoms with Crippen molar-refractivity contribution in [1.82, 2.24) is 10.2 Å². The minimum Gasteiger partial charge on any atom is -0.390 e. The van der Waals surface area contributed by atoms with Crippen LogP contribution in [0.5, 0.6) is 0 Å². The molecular formula is C16H21F3N2O2. The number of benzene rings is 1. The fourth-order valence-electron chi connectivity index (χ4n) is 2.65. The maximum absolute atomic E-state index is 12.0. The van der Waals surface area contributed by atoms with Gasteiger partial charge < -0.3 is 10.4 Å². The standard InChI is InChI=1S/C16H21F3N2O2/c17-16(18,19)7-5-15(23)20-9-14(22)11-21-8-6-12-3-1-2-4-13(12)10-21/h1-4,14,22H,5-11H2,(H,20,23)/t14-/m0/s1. The Morgan fingerprint density at radius 2 is 2.00 bits per heavy atom. The SMILES string of the molecule is O=C(CCC(F)(F)F)NC[C@H](O)CN1CCc2ccccc2C1. The van der Waals surface area contributed by atoms with E-state index in [-0.39, 0.29) is 6.54 Å². The van der Waals surface area contributed by atoms with Crippen molar-refractivity contribution < 1.29 is 23.1 Å². The largest absolute Gasteiger partial charge is 0.390 e. The van der Waals surface area contributed by atoms with Crippen LogP contribution in [0.15, 0.2) is 24.3 Å². The highest BCUT2D eigenvalue weighted by Gasteiger charge is 2.28. The molecule has 2 N–H and O–H groups in total. The maximum atomic E-state index is 12.0. The molecule has 1 aromatic rings. The molecule has 0 aliphatic carbocycles. The first kappa shape index (κ1) is 17.7. The Morgan fingerprint density at radius 1 is 1.30 bits per heavy atom. The predicted octanol–water partition coefficient (Wildman–Crippen LogP) is 1.86. The Kier molecular flexibility index (Phi) is 6.01. The second kappa shape index (κ2) is 7.79. The van der Waals surface area contributed by atoms with Crippen molar-refractivity contribution in [3.05, 3.63) is 35.4 Å². The molecule has 2 rings (SSSR count). The molecule has 1 atom stereocenters. The zero-order valence-corrected chi connectivity index (χ0v) is 12.8. The number of hydrogen-bond donors (Lipinski definition) is 2. The topological polar surface area (TPSA) is 52.6 Å². The molecule has 1 amide bonds. The summed E-state index contributed by atoms with van der Waals surface area (Å²) in [4.78, 5) is 13.4. The summed E-state index contributed by atoms with van der Waals surface area (Å²) in [7, 11) is 0. The van der Waals surface area contributed by atoms with Gasteiger partial charge in [-0.1, -0.05) is 24.3 Å². The van der Waals surface area contributed by atoms with Crippen molar-refractivity contribution in [1.29, 1.82) is 0 Å². The lowest BCUT2D eigenvalue weighted by Gasteiger charge is -2.30. The van der Waals surface area contributed by atoms with Gasteiger partial charge >= 0.3 is 6.18 Å². The number of aliphatic hydroxyl groups excluding tert-OH is 1. The van der Waals surface area contributed by atoms with Crippen LogP contribution >= 0.6 is 0 Å². The third-order valence-electron chi connectivity index (χ3n) is 3.85. The second-order valence-electron chi connectivity index (χ2n) is 5.83. The fourth-order valence-corrected chi connectivity index (χ4v) is 2.65. The van der Waals surface area contributed by atoms with Crippen LogP contribution in [-0.4, -0.2) is 47.8 Å². The summed E-state index contributed by atoms with van der Waals surface area (Å²) in [5.41, 5.74) is 2.53. The van der Waals surface area contributed by atoms with Gasteiger partial charge in [0.25, 0.3) is 0 Å². The molecule has 23 heavy (non-hydrogen) atoms. The van der Waals surface area contributed by atoms with Gasteiger partial charge in [0.2, 0.25) is 5.91 Å². The average Bonchev–Trinajstić information content (AvgIpc) is 2.50. The van der Waals surface area contributed by atoms with E-state index in [0.29, 0.717) is 6.54 Å². The lowest BCUT2D eigenvalue weighted by molar-refractivity contribution is -0.144. The number of β-amino-alcohol motifs (C(OH)–C–C–N with tert-alkyl or cyclic N) is 1. The third-order valence-corrected chi connectivity index (χ3v) is 3.85. The van der Waals surface area contributed by atoms with Gasteiger partial charge in [0.15, 0.2) is 0 Å². The van der Waals surface area contributed by atoms with Crippen LogP contribution in [0, 0.1) is 0 Å². The molecule has 0 unspecified atom stereocenters. The number of halogens is 3. The Morgan fingerprint density at radius 3 is 2.70 bits per heavy atom. The Labute approximate surface area is 133 Å². The molecule has 0 bridgehead atoms. The summed E-state index contributed by atoms with van der Waals surface area (Å²) in [6.07, 6.45) is -5.97. The van der Waals surface area contributed by atoms with E-state index in [0.717, 1.165) is 19.5 Å². The number of alkyl halides is 3. The molecule has 1 aromatic carbocycles. The first-order chi connectivity index (χ1) is 10.8. The Hall–Kier alpha value is -1.60. The number of nitrogens with zero attached hydrogens (tertiary/aromatic N) is 1. The van der Waals surface area contributed by atoms with Gasteiger partial charge in [-0.3, -0.25) is 9.69 Å². The predicted molar refractivity (Wildman–Crippen MR) is 79.7 cm³/mol. The Balaban J connectivity index is 1.69. The van der Waals surface area contributed by atoms with Crippen LogP contribution in [0.25, 0.3) is 0 Å². The number of hydrogen-bond acceptors (Lipinski definition) is 3. The highest BCUT2D eigenvalue weighted by atomic mass is 19.4. The lowest BCUT2D eigenvalue weighted by atomic mass is 10.00. The molecule has 0 saturated heterocycles. The summed E-state index contributed by atoms with van der Waals surface area (Å²) in [5, 5.41) is 12.3. The molecule has 0 radical (unpaired) electrons. The molecule has 128 valence electrons. The van der Waals surface area contributed by atoms with Gasteiger partial charge in [-0.2, -0.15) is 13.2 Å². The Bertz CT molecular complexity index is 534. The van der Waals surface area contributed by atoms with E-state index in [9.17, 15) is 23.1 Å². The van der Waals surface area contributed by atoms with E-state index in [1.54, 1.807) is 0 Å². The van der Waals surface area contributed by atoms with Gasteiger partial charge in [0.05, 0.1) is 12.5 Å². The summed E-state index contributed by atoms with van der Waals surface area (Å²) >= 11 is 0. The number of nitrogens with one attached hydrogen (secondary N) is 1. The zero-order chi connectivity index (χ0) is 16.9. The van der Waals surface area contributed by atoms with Crippen molar-refractivity contribution in [3.63, 3.8) is 0 Å². The van der Waals surface area contributed by atoms with Crippen LogP contribution < -0.4 is 5.32 Å². The minimum atomic E-state index is -4.34. The van der Waals surface area contributed by atoms with E-state index in [1.807, 2.05) is 18.2 Å². The summed E-state index contributed by atoms with van der Waals surface area (Å²) in [5.74, 6) is -0.689. The average molecular weight is 330 g/mol. The van der Waals surface area contributed by atoms with Gasteiger partial charge in [-0.25, -0.2) is 0 Å². The van der Waals surface area contributed by atoms with E-state index >= 15 is 0 Å². The van der Waals surface area contributed by atoms with Crippen molar-refractivity contribution >= 4 is 5.91 Å². The maximum Gasteiger partial charge on any atom is 0.389 e. The highest BCUT2D eigenvalue weighted by Crippen LogP contribution is 2.21. The van der Waals surface area contributed by atoms with Crippen LogP contribution in [-0.2, 0) is 17.8 Å². The number of amides is 1. The molecule has 1 heterocycles. The minimum absolute atomic E-state index is 0.0329. The van der Waals surface area contributed by atoms with Crippen molar-refractivity contribution in [2.75, 3.05) is 19.6 Å². The number of fused-ring (bicyclic) bond motifs is 1. The molecule has 0 aromatic heterocycles. The number of aliphatic hydroxyl groups is 1. The smallest absolute Gasteiger partial charge is 0.389 e. The quantitative estimate of drug-likeness (QED) is 0.837. The third kappa shape index (κ3) is 6.19. The first-order valence-electron chi connectivity index (χ1n) is 7.64. The zero-order valence-electron chi connectivity index (χ0n) is 12.8. The molecule has 0 saturated carbocycles. The van der Waals surface area contributed by atoms with Crippen molar-refractivity contribution in [2.24, 2.45) is 0 Å². The molecule has 1 aliphatic heterocycles. The lowest BCUT2D eigenvalue weighted by Crippen LogP contribution is -2.42. The van der Waals surface area contributed by atoms with E-state index in [4.69, 9.17) is 0 Å². The van der Waals surface area contributed by atoms with Crippen LogP contribution in [0.3, 0.4) is 0 Å². The van der Waals surface area contributed by atoms with Gasteiger partial charge in [-0.05, 0) is 17.5 Å².